The molecule has 21 heteroatoms. The van der Waals surface area contributed by atoms with Gasteiger partial charge in [0.1, 0.15) is 0 Å². The van der Waals surface area contributed by atoms with Crippen LogP contribution < -0.4 is 36.3 Å². The van der Waals surface area contributed by atoms with Crippen LogP contribution in [0, 0.1) is 0 Å². The van der Waals surface area contributed by atoms with Crippen LogP contribution in [-0.2, 0) is 49.7 Å². The van der Waals surface area contributed by atoms with E-state index in [1.807, 2.05) is 212 Å². The molecule has 67 heavy (non-hydrogen) atoms. The molecule has 4 unspecified atom stereocenters. The Hall–Kier alpha value is -4.24. The standard InChI is InChI=1S/C46H44O13Si8/c47-37-22-38-60-39-48-61(40-23-8-1-9-24-40)51-64(43-29-14-4-15-30-43)53-62(49-60,41-25-10-2-11-26-41)55-66(45-33-18-6-19-34-45)56-63(50-60,42-27-12-3-13-28-42)54-65(52-61,44-31-16-5-17-32-44)58-67(57-64,59-66)46-35-20-7-21-36-46/h1-21,23-36,47H,22,37-39H2. The smallest absolute Gasteiger partial charge is 0.396 e. The highest BCUT2D eigenvalue weighted by Gasteiger charge is 2.84. The van der Waals surface area contributed by atoms with Gasteiger partial charge in [-0.1, -0.05) is 212 Å². The summed E-state index contributed by atoms with van der Waals surface area (Å²) >= 11 is 0. The minimum absolute atomic E-state index is 0.169. The van der Waals surface area contributed by atoms with E-state index >= 15 is 0 Å². The molecule has 0 radical (unpaired) electrons. The Morgan fingerprint density at radius 2 is 0.493 bits per heavy atom. The lowest BCUT2D eigenvalue weighted by molar-refractivity contribution is 0.0306. The van der Waals surface area contributed by atoms with Crippen molar-refractivity contribution in [1.82, 2.24) is 0 Å². The summed E-state index contributed by atoms with van der Waals surface area (Å²) in [7, 11) is -37.0. The fourth-order valence-electron chi connectivity index (χ4n) is 9.10. The number of benzene rings is 7. The van der Waals surface area contributed by atoms with Crippen molar-refractivity contribution in [2.75, 3.05) is 12.8 Å². The number of hydrogen-bond donors (Lipinski definition) is 1. The van der Waals surface area contributed by atoms with Gasteiger partial charge in [-0.3, -0.25) is 0 Å². The summed E-state index contributed by atoms with van der Waals surface area (Å²) < 4.78 is 96.2. The zero-order chi connectivity index (χ0) is 45.1. The third-order valence-electron chi connectivity index (χ3n) is 12.1. The highest BCUT2D eigenvalue weighted by Crippen LogP contribution is 2.47. The molecule has 13 rings (SSSR count). The van der Waals surface area contributed by atoms with Crippen LogP contribution in [0.1, 0.15) is 6.42 Å². The maximum atomic E-state index is 10.8. The molecule has 6 heterocycles. The van der Waals surface area contributed by atoms with E-state index in [1.54, 1.807) is 0 Å². The second-order valence-electron chi connectivity index (χ2n) is 16.6. The molecule has 0 aromatic heterocycles. The summed E-state index contributed by atoms with van der Waals surface area (Å²) in [5.74, 6) is 0. The van der Waals surface area contributed by atoms with E-state index in [1.165, 1.54) is 0 Å². The van der Waals surface area contributed by atoms with Crippen LogP contribution in [0.4, 0.5) is 0 Å². The molecular formula is C46H44O13Si8. The van der Waals surface area contributed by atoms with E-state index in [2.05, 4.69) is 0 Å². The molecule has 7 aromatic rings. The van der Waals surface area contributed by atoms with Crippen molar-refractivity contribution in [2.24, 2.45) is 0 Å². The molecule has 0 spiro atoms. The van der Waals surface area contributed by atoms with E-state index < -0.39 is 70.2 Å². The van der Waals surface area contributed by atoms with Crippen molar-refractivity contribution < 1.29 is 54.8 Å². The number of aliphatic hydroxyl groups excluding tert-OH is 1. The van der Waals surface area contributed by atoms with Crippen molar-refractivity contribution in [3.05, 3.63) is 212 Å². The van der Waals surface area contributed by atoms with Gasteiger partial charge in [0.25, 0.3) is 0 Å². The van der Waals surface area contributed by atoms with Gasteiger partial charge in [0, 0.05) is 42.9 Å². The topological polar surface area (TPSA) is 131 Å². The molecule has 13 nitrogen and oxygen atoms in total. The van der Waals surface area contributed by atoms with Gasteiger partial charge < -0.3 is 54.8 Å². The van der Waals surface area contributed by atoms with Crippen LogP contribution in [0.5, 0.6) is 0 Å². The molecule has 1 N–H and O–H groups in total. The minimum Gasteiger partial charge on any atom is -0.396 e. The van der Waals surface area contributed by atoms with Crippen LogP contribution in [-0.4, -0.2) is 88.1 Å². The van der Waals surface area contributed by atoms with Gasteiger partial charge in [-0.05, 0) is 12.5 Å². The Kier molecular flexibility index (Phi) is 11.2. The Balaban J connectivity index is 1.30. The Labute approximate surface area is 396 Å². The Morgan fingerprint density at radius 1 is 0.284 bits per heavy atom. The molecule has 0 amide bonds. The molecule has 7 aromatic carbocycles. The summed E-state index contributed by atoms with van der Waals surface area (Å²) in [6.07, 6.45) is 0.101. The maximum absolute atomic E-state index is 10.8. The average molecular weight is 1030 g/mol. The van der Waals surface area contributed by atoms with E-state index in [-0.39, 0.29) is 25.3 Å². The average Bonchev–Trinajstić information content (AvgIpc) is 3.46. The molecular weight excluding hydrogens is 985 g/mol. The second-order valence-corrected chi connectivity index (χ2v) is 40.3. The third kappa shape index (κ3) is 7.47. The van der Waals surface area contributed by atoms with E-state index in [0.717, 1.165) is 0 Å². The summed E-state index contributed by atoms with van der Waals surface area (Å²) in [5.41, 5.74) is 0. The zero-order valence-corrected chi connectivity index (χ0v) is 43.9. The molecule has 6 aliphatic heterocycles. The molecule has 4 atom stereocenters. The third-order valence-corrected chi connectivity index (χ3v) is 46.4. The van der Waals surface area contributed by atoms with E-state index in [9.17, 15) is 5.11 Å². The lowest BCUT2D eigenvalue weighted by Crippen LogP contribution is -2.92. The van der Waals surface area contributed by atoms with Gasteiger partial charge in [0.15, 0.2) is 0 Å². The van der Waals surface area contributed by atoms with Crippen LogP contribution in [0.3, 0.4) is 0 Å². The van der Waals surface area contributed by atoms with E-state index in [0.29, 0.717) is 36.3 Å². The fraction of sp³-hybridized carbons (Fsp3) is 0.0870. The predicted octanol–water partition coefficient (Wildman–Crippen LogP) is 2.54. The molecule has 6 saturated heterocycles. The Morgan fingerprint density at radius 3 is 0.731 bits per heavy atom. The fourth-order valence-corrected chi connectivity index (χ4v) is 54.6. The molecule has 0 aliphatic carbocycles. The summed E-state index contributed by atoms with van der Waals surface area (Å²) in [4.78, 5) is 0. The number of fused-ring (bicyclic) bond motifs is 1. The van der Waals surface area contributed by atoms with Gasteiger partial charge in [-0.25, -0.2) is 0 Å². The van der Waals surface area contributed by atoms with Gasteiger partial charge >= 0.3 is 70.2 Å². The second kappa shape index (κ2) is 17.0. The normalized spacial score (nSPS) is 34.2. The number of hydrogen-bond acceptors (Lipinski definition) is 13. The first-order valence-electron chi connectivity index (χ1n) is 22.1. The monoisotopic (exact) mass is 1030 g/mol. The number of aliphatic hydroxyl groups is 1. The lowest BCUT2D eigenvalue weighted by Gasteiger charge is -2.59. The van der Waals surface area contributed by atoms with Crippen molar-refractivity contribution in [1.29, 1.82) is 0 Å². The van der Waals surface area contributed by atoms with Crippen molar-refractivity contribution in [3.8, 4) is 0 Å². The van der Waals surface area contributed by atoms with Gasteiger partial charge in [-0.2, -0.15) is 0 Å². The van der Waals surface area contributed by atoms with E-state index in [4.69, 9.17) is 49.7 Å². The molecule has 8 bridgehead atoms. The number of rotatable bonds is 10. The minimum atomic E-state index is -4.75. The van der Waals surface area contributed by atoms with Crippen LogP contribution in [0.15, 0.2) is 212 Å². The maximum Gasteiger partial charge on any atom is 0.522 e. The summed E-state index contributed by atoms with van der Waals surface area (Å²) in [6.45, 7) is -0.173. The largest absolute Gasteiger partial charge is 0.522 e. The first-order chi connectivity index (χ1) is 32.8. The van der Waals surface area contributed by atoms with Gasteiger partial charge in [-0.15, -0.1) is 0 Å². The molecule has 6 fully saturated rings. The molecule has 338 valence electrons. The lowest BCUT2D eigenvalue weighted by atomic mass is 10.4. The summed E-state index contributed by atoms with van der Waals surface area (Å²) in [5, 5.41) is 14.8. The van der Waals surface area contributed by atoms with Crippen molar-refractivity contribution in [2.45, 2.75) is 12.5 Å². The molecule has 0 saturated carbocycles. The van der Waals surface area contributed by atoms with Crippen molar-refractivity contribution in [3.63, 3.8) is 0 Å². The van der Waals surface area contributed by atoms with Crippen LogP contribution in [0.2, 0.25) is 6.04 Å². The SMILES string of the molecule is OCCC[Si]12CO[Si]3(c4ccccc4)O[Si]4(c5ccccc5)O[Si](c5ccccc5)(O1)O[Si]1(c5ccccc5)O[Si](c5ccccc5)(O2)O[Si](c2ccccc2)(O3)O[Si](c2ccccc2)(O4)O1. The first-order valence-corrected chi connectivity index (χ1v) is 36.4. The highest BCUT2D eigenvalue weighted by molar-refractivity contribution is 7.12. The zero-order valence-electron chi connectivity index (χ0n) is 35.9. The quantitative estimate of drug-likeness (QED) is 0.202. The molecule has 6 aliphatic rings. The van der Waals surface area contributed by atoms with Crippen LogP contribution in [0.25, 0.3) is 0 Å². The van der Waals surface area contributed by atoms with Crippen molar-refractivity contribution >= 4 is 106 Å². The van der Waals surface area contributed by atoms with Gasteiger partial charge in [0.2, 0.25) is 0 Å². The summed E-state index contributed by atoms with van der Waals surface area (Å²) in [6, 6.07) is 67.3. The predicted molar refractivity (Wildman–Crippen MR) is 263 cm³/mol. The first kappa shape index (κ1) is 44.0. The highest BCUT2D eigenvalue weighted by atomic mass is 28.6. The van der Waals surface area contributed by atoms with Gasteiger partial charge in [0.05, 0.1) is 6.23 Å². The Bertz CT molecular complexity index is 2730. The van der Waals surface area contributed by atoms with Crippen LogP contribution >= 0.6 is 0 Å².